The molecule has 4 heteroatoms. The lowest BCUT2D eigenvalue weighted by atomic mass is 9.87. The first-order chi connectivity index (χ1) is 10.5. The predicted molar refractivity (Wildman–Crippen MR) is 83.6 cm³/mol. The highest BCUT2D eigenvalue weighted by atomic mass is 16.4. The van der Waals surface area contributed by atoms with Crippen LogP contribution in [-0.4, -0.2) is 22.0 Å². The number of hydrogen-bond acceptors (Lipinski definition) is 3. The Hall–Kier alpha value is -2.62. The summed E-state index contributed by atoms with van der Waals surface area (Å²) in [6, 6.07) is 12.2. The molecule has 0 spiro atoms. The lowest BCUT2D eigenvalue weighted by Crippen LogP contribution is -2.13. The van der Waals surface area contributed by atoms with E-state index in [1.165, 1.54) is 12.1 Å². The number of carboxylic acids is 1. The van der Waals surface area contributed by atoms with Crippen molar-refractivity contribution < 1.29 is 19.8 Å². The monoisotopic (exact) mass is 298 g/mol. The Kier molecular flexibility index (Phi) is 4.61. The molecule has 2 rings (SSSR count). The van der Waals surface area contributed by atoms with Gasteiger partial charge in [0.05, 0.1) is 0 Å². The second-order valence-corrected chi connectivity index (χ2v) is 5.23. The zero-order valence-corrected chi connectivity index (χ0v) is 12.5. The number of aromatic hydroxyl groups is 1. The van der Waals surface area contributed by atoms with Crippen molar-refractivity contribution in [1.29, 1.82) is 0 Å². The first kappa shape index (κ1) is 15.8. The molecular formula is C18H18O4. The van der Waals surface area contributed by atoms with Crippen molar-refractivity contribution in [2.24, 2.45) is 0 Å². The summed E-state index contributed by atoms with van der Waals surface area (Å²) in [7, 11) is 0. The first-order valence-corrected chi connectivity index (χ1v) is 7.11. The fourth-order valence-corrected chi connectivity index (χ4v) is 2.54. The number of carbonyl (C=O) groups excluding carboxylic acids is 1. The number of phenols is 1. The number of aromatic carboxylic acids is 1. The van der Waals surface area contributed by atoms with Gasteiger partial charge in [0.2, 0.25) is 0 Å². The van der Waals surface area contributed by atoms with E-state index in [1.807, 2.05) is 37.3 Å². The molecule has 0 saturated heterocycles. The summed E-state index contributed by atoms with van der Waals surface area (Å²) in [5.41, 5.74) is 1.35. The molecule has 4 nitrogen and oxygen atoms in total. The van der Waals surface area contributed by atoms with Gasteiger partial charge in [-0.15, -0.1) is 0 Å². The van der Waals surface area contributed by atoms with E-state index in [9.17, 15) is 14.7 Å². The number of aryl methyl sites for hydroxylation is 1. The number of carboxylic acid groups (broad SMARTS) is 1. The summed E-state index contributed by atoms with van der Waals surface area (Å²) in [6.45, 7) is 3.50. The van der Waals surface area contributed by atoms with Crippen LogP contribution in [0, 0.1) is 6.92 Å². The Bertz CT molecular complexity index is 705. The van der Waals surface area contributed by atoms with E-state index < -0.39 is 5.97 Å². The van der Waals surface area contributed by atoms with Crippen molar-refractivity contribution in [3.63, 3.8) is 0 Å². The van der Waals surface area contributed by atoms with Crippen LogP contribution < -0.4 is 0 Å². The fourth-order valence-electron chi connectivity index (χ4n) is 2.54. The second kappa shape index (κ2) is 6.43. The van der Waals surface area contributed by atoms with Crippen LogP contribution in [-0.2, 0) is 0 Å². The van der Waals surface area contributed by atoms with Crippen LogP contribution in [0.3, 0.4) is 0 Å². The molecule has 0 aromatic heterocycles. The molecule has 0 unspecified atom stereocenters. The highest BCUT2D eigenvalue weighted by Crippen LogP contribution is 2.29. The van der Waals surface area contributed by atoms with Crippen LogP contribution in [0.25, 0.3) is 0 Å². The van der Waals surface area contributed by atoms with E-state index in [4.69, 9.17) is 5.11 Å². The van der Waals surface area contributed by atoms with E-state index >= 15 is 0 Å². The summed E-state index contributed by atoms with van der Waals surface area (Å²) in [6.07, 6.45) is 0.616. The third kappa shape index (κ3) is 3.01. The molecule has 22 heavy (non-hydrogen) atoms. The molecule has 0 radical (unpaired) electrons. The molecule has 1 atom stereocenters. The minimum Gasteiger partial charge on any atom is -0.507 e. The minimum absolute atomic E-state index is 0.140. The summed E-state index contributed by atoms with van der Waals surface area (Å²) in [5, 5.41) is 18.9. The van der Waals surface area contributed by atoms with Crippen LogP contribution in [0.5, 0.6) is 5.75 Å². The molecule has 0 aliphatic heterocycles. The van der Waals surface area contributed by atoms with Gasteiger partial charge < -0.3 is 10.2 Å². The zero-order valence-electron chi connectivity index (χ0n) is 12.5. The average molecular weight is 298 g/mol. The molecule has 2 aromatic carbocycles. The number of Topliss-reactive ketones (excluding diaryl/α,β-unsaturated/α-hetero) is 1. The van der Waals surface area contributed by atoms with Crippen molar-refractivity contribution in [3.8, 4) is 5.75 Å². The molecule has 0 aliphatic carbocycles. The van der Waals surface area contributed by atoms with Crippen molar-refractivity contribution >= 4 is 11.8 Å². The van der Waals surface area contributed by atoms with Crippen LogP contribution in [0.4, 0.5) is 0 Å². The molecule has 2 aromatic rings. The topological polar surface area (TPSA) is 74.6 Å². The van der Waals surface area contributed by atoms with Crippen molar-refractivity contribution in [2.75, 3.05) is 0 Å². The lowest BCUT2D eigenvalue weighted by molar-refractivity contribution is 0.0693. The van der Waals surface area contributed by atoms with E-state index in [0.29, 0.717) is 17.5 Å². The van der Waals surface area contributed by atoms with E-state index in [-0.39, 0.29) is 23.0 Å². The van der Waals surface area contributed by atoms with Gasteiger partial charge in [0.25, 0.3) is 0 Å². The Morgan fingerprint density at radius 2 is 1.77 bits per heavy atom. The number of carbonyl (C=O) groups is 2. The van der Waals surface area contributed by atoms with Gasteiger partial charge in [0.1, 0.15) is 11.3 Å². The summed E-state index contributed by atoms with van der Waals surface area (Å²) < 4.78 is 0. The molecule has 0 heterocycles. The maximum atomic E-state index is 12.7. The van der Waals surface area contributed by atoms with Gasteiger partial charge >= 0.3 is 5.97 Å². The largest absolute Gasteiger partial charge is 0.507 e. The molecule has 0 fully saturated rings. The molecule has 0 bridgehead atoms. The molecule has 0 saturated carbocycles. The minimum atomic E-state index is -1.25. The number of rotatable bonds is 5. The zero-order chi connectivity index (χ0) is 16.3. The third-order valence-electron chi connectivity index (χ3n) is 3.74. The SMILES string of the molecule is CC[C@@H](C(=O)c1cc(C)c(O)c(C(=O)O)c1)c1ccccc1. The second-order valence-electron chi connectivity index (χ2n) is 5.23. The van der Waals surface area contributed by atoms with Crippen LogP contribution in [0.15, 0.2) is 42.5 Å². The summed E-state index contributed by atoms with van der Waals surface area (Å²) in [4.78, 5) is 23.9. The van der Waals surface area contributed by atoms with E-state index in [0.717, 1.165) is 5.56 Å². The highest BCUT2D eigenvalue weighted by molar-refractivity contribution is 6.03. The Morgan fingerprint density at radius 3 is 2.32 bits per heavy atom. The quantitative estimate of drug-likeness (QED) is 0.824. The molecule has 114 valence electrons. The summed E-state index contributed by atoms with van der Waals surface area (Å²) >= 11 is 0. The van der Waals surface area contributed by atoms with Gasteiger partial charge in [0, 0.05) is 11.5 Å². The Labute approximate surface area is 129 Å². The van der Waals surface area contributed by atoms with Gasteiger partial charge in [-0.05, 0) is 36.6 Å². The summed E-state index contributed by atoms with van der Waals surface area (Å²) in [5.74, 6) is -2.01. The van der Waals surface area contributed by atoms with Gasteiger partial charge in [-0.25, -0.2) is 4.79 Å². The van der Waals surface area contributed by atoms with Crippen molar-refractivity contribution in [3.05, 3.63) is 64.7 Å². The molecule has 0 amide bonds. The number of ketones is 1. The third-order valence-corrected chi connectivity index (χ3v) is 3.74. The molecule has 2 N–H and O–H groups in total. The van der Waals surface area contributed by atoms with E-state index in [2.05, 4.69) is 0 Å². The van der Waals surface area contributed by atoms with Crippen LogP contribution in [0.2, 0.25) is 0 Å². The van der Waals surface area contributed by atoms with E-state index in [1.54, 1.807) is 6.92 Å². The normalized spacial score (nSPS) is 11.9. The van der Waals surface area contributed by atoms with Crippen molar-refractivity contribution in [1.82, 2.24) is 0 Å². The maximum Gasteiger partial charge on any atom is 0.339 e. The lowest BCUT2D eigenvalue weighted by Gasteiger charge is -2.15. The van der Waals surface area contributed by atoms with Gasteiger partial charge in [-0.1, -0.05) is 37.3 Å². The Balaban J connectivity index is 2.46. The predicted octanol–water partition coefficient (Wildman–Crippen LogP) is 3.78. The number of hydrogen-bond donors (Lipinski definition) is 2. The standard InChI is InChI=1S/C18H18O4/c1-3-14(12-7-5-4-6-8-12)17(20)13-9-11(2)16(19)15(10-13)18(21)22/h4-10,14,19H,3H2,1-2H3,(H,21,22)/t14-/m1/s1. The first-order valence-electron chi connectivity index (χ1n) is 7.11. The van der Waals surface area contributed by atoms with Gasteiger partial charge in [-0.3, -0.25) is 4.79 Å². The molecular weight excluding hydrogens is 280 g/mol. The van der Waals surface area contributed by atoms with Gasteiger partial charge in [-0.2, -0.15) is 0 Å². The highest BCUT2D eigenvalue weighted by Gasteiger charge is 2.23. The van der Waals surface area contributed by atoms with Crippen LogP contribution in [0.1, 0.15) is 51.1 Å². The van der Waals surface area contributed by atoms with Gasteiger partial charge in [0.15, 0.2) is 5.78 Å². The molecule has 0 aliphatic rings. The fraction of sp³-hybridized carbons (Fsp3) is 0.222. The average Bonchev–Trinajstić information content (AvgIpc) is 2.51. The number of benzene rings is 2. The van der Waals surface area contributed by atoms with Crippen molar-refractivity contribution in [2.45, 2.75) is 26.2 Å². The smallest absolute Gasteiger partial charge is 0.339 e. The van der Waals surface area contributed by atoms with Crippen LogP contribution >= 0.6 is 0 Å². The maximum absolute atomic E-state index is 12.7. The Morgan fingerprint density at radius 1 is 1.14 bits per heavy atom.